The Labute approximate surface area is 228 Å². The van der Waals surface area contributed by atoms with Gasteiger partial charge in [0, 0.05) is 60.6 Å². The van der Waals surface area contributed by atoms with Crippen molar-refractivity contribution in [3.63, 3.8) is 0 Å². The van der Waals surface area contributed by atoms with Gasteiger partial charge in [0.05, 0.1) is 13.3 Å². The van der Waals surface area contributed by atoms with Gasteiger partial charge < -0.3 is 25.6 Å². The topological polar surface area (TPSA) is 87.9 Å². The first kappa shape index (κ1) is 29.2. The van der Waals surface area contributed by atoms with Crippen molar-refractivity contribution < 1.29 is 14.3 Å². The number of nitrogens with zero attached hydrogens (tertiary/aromatic N) is 2. The van der Waals surface area contributed by atoms with Crippen LogP contribution in [-0.2, 0) is 4.79 Å². The molecule has 2 aromatic carbocycles. The van der Waals surface area contributed by atoms with Crippen molar-refractivity contribution in [3.8, 4) is 16.9 Å². The highest BCUT2D eigenvalue weighted by atomic mass is 16.5. The summed E-state index contributed by atoms with van der Waals surface area (Å²) >= 11 is 0. The normalized spacial score (nSPS) is 14.6. The van der Waals surface area contributed by atoms with E-state index in [-0.39, 0.29) is 18.0 Å². The fourth-order valence-corrected chi connectivity index (χ4v) is 5.01. The lowest BCUT2D eigenvalue weighted by Gasteiger charge is -2.23. The third-order valence-electron chi connectivity index (χ3n) is 6.75. The first-order valence-corrected chi connectivity index (χ1v) is 14.0. The number of amides is 2. The minimum absolute atomic E-state index is 0.0438. The van der Waals surface area contributed by atoms with Crippen molar-refractivity contribution >= 4 is 23.6 Å². The molecule has 1 unspecified atom stereocenters. The van der Waals surface area contributed by atoms with Gasteiger partial charge in [-0.2, -0.15) is 0 Å². The molecule has 0 aliphatic carbocycles. The molecule has 1 heterocycles. The van der Waals surface area contributed by atoms with Crippen molar-refractivity contribution in [2.45, 2.75) is 66.0 Å². The first-order chi connectivity index (χ1) is 18.4. The predicted molar refractivity (Wildman–Crippen MR) is 156 cm³/mol. The Bertz CT molecular complexity index is 1110. The molecule has 0 bridgehead atoms. The van der Waals surface area contributed by atoms with Gasteiger partial charge in [-0.3, -0.25) is 9.59 Å². The van der Waals surface area contributed by atoms with Crippen LogP contribution in [0.5, 0.6) is 5.75 Å². The number of rotatable bonds is 12. The van der Waals surface area contributed by atoms with Crippen LogP contribution < -0.4 is 15.8 Å². The van der Waals surface area contributed by atoms with Gasteiger partial charge in [-0.1, -0.05) is 39.8 Å². The summed E-state index contributed by atoms with van der Waals surface area (Å²) in [6, 6.07) is 11.7. The molecule has 2 amide bonds. The van der Waals surface area contributed by atoms with Gasteiger partial charge in [-0.25, -0.2) is 0 Å². The lowest BCUT2D eigenvalue weighted by molar-refractivity contribution is -0.127. The van der Waals surface area contributed by atoms with Gasteiger partial charge in [0.1, 0.15) is 5.75 Å². The molecule has 0 fully saturated rings. The third-order valence-corrected chi connectivity index (χ3v) is 6.75. The van der Waals surface area contributed by atoms with Crippen LogP contribution in [0.15, 0.2) is 42.0 Å². The summed E-state index contributed by atoms with van der Waals surface area (Å²) in [6.07, 6.45) is 5.69. The van der Waals surface area contributed by atoms with Crippen LogP contribution in [0, 0.1) is 0 Å². The average molecular weight is 521 g/mol. The van der Waals surface area contributed by atoms with Crippen molar-refractivity contribution in [3.05, 3.63) is 53.1 Å². The van der Waals surface area contributed by atoms with E-state index in [1.54, 1.807) is 7.11 Å². The van der Waals surface area contributed by atoms with E-state index in [2.05, 4.69) is 33.0 Å². The van der Waals surface area contributed by atoms with Gasteiger partial charge in [0.15, 0.2) is 0 Å². The summed E-state index contributed by atoms with van der Waals surface area (Å²) in [5, 5.41) is 3.38. The van der Waals surface area contributed by atoms with Gasteiger partial charge in [-0.05, 0) is 61.6 Å². The summed E-state index contributed by atoms with van der Waals surface area (Å²) in [5.41, 5.74) is 11.4. The fraction of sp³-hybridized carbons (Fsp3) is 0.484. The quantitative estimate of drug-likeness (QED) is 0.372. The molecule has 3 N–H and O–H groups in total. The average Bonchev–Trinajstić information content (AvgIpc) is 3.08. The van der Waals surface area contributed by atoms with E-state index in [0.717, 1.165) is 74.2 Å². The van der Waals surface area contributed by atoms with Crippen LogP contribution in [-0.4, -0.2) is 61.1 Å². The number of nitrogens with one attached hydrogen (secondary N) is 1. The number of methoxy groups -OCH3 is 1. The number of benzene rings is 2. The SMILES string of the molecule is CCCN(CCC)C(=O)C1=Cc2cc(OC)c(-c3ccc(C(=O)N(CCC)CCC)cc3)cc2NC(N)C1. The maximum Gasteiger partial charge on any atom is 0.253 e. The van der Waals surface area contributed by atoms with E-state index in [1.165, 1.54) is 0 Å². The molecule has 1 atom stereocenters. The zero-order chi connectivity index (χ0) is 27.7. The number of hydrogen-bond donors (Lipinski definition) is 2. The fourth-order valence-electron chi connectivity index (χ4n) is 5.01. The maximum atomic E-state index is 13.4. The molecular formula is C31H44N4O3. The molecule has 1 aliphatic heterocycles. The molecule has 7 heteroatoms. The molecule has 0 saturated heterocycles. The Balaban J connectivity index is 1.95. The van der Waals surface area contributed by atoms with Crippen LogP contribution in [0.25, 0.3) is 17.2 Å². The first-order valence-electron chi connectivity index (χ1n) is 14.0. The maximum absolute atomic E-state index is 13.4. The zero-order valence-corrected chi connectivity index (χ0v) is 23.7. The highest BCUT2D eigenvalue weighted by Crippen LogP contribution is 2.38. The summed E-state index contributed by atoms with van der Waals surface area (Å²) in [7, 11) is 1.65. The second-order valence-corrected chi connectivity index (χ2v) is 9.93. The Kier molecular flexibility index (Phi) is 10.8. The molecule has 3 rings (SSSR count). The van der Waals surface area contributed by atoms with Crippen LogP contribution in [0.2, 0.25) is 0 Å². The number of nitrogens with two attached hydrogens (primary N) is 1. The smallest absolute Gasteiger partial charge is 0.253 e. The third kappa shape index (κ3) is 6.95. The van der Waals surface area contributed by atoms with Crippen molar-refractivity contribution in [2.75, 3.05) is 38.6 Å². The Morgan fingerprint density at radius 3 is 1.97 bits per heavy atom. The van der Waals surface area contributed by atoms with Gasteiger partial charge in [0.2, 0.25) is 5.91 Å². The molecule has 206 valence electrons. The minimum atomic E-state index is -0.388. The van der Waals surface area contributed by atoms with Crippen LogP contribution >= 0.6 is 0 Å². The number of ether oxygens (including phenoxy) is 1. The van der Waals surface area contributed by atoms with E-state index in [9.17, 15) is 9.59 Å². The number of anilines is 1. The number of hydrogen-bond acceptors (Lipinski definition) is 5. The highest BCUT2D eigenvalue weighted by Gasteiger charge is 2.24. The molecule has 2 aromatic rings. The second-order valence-electron chi connectivity index (χ2n) is 9.93. The monoisotopic (exact) mass is 520 g/mol. The van der Waals surface area contributed by atoms with E-state index in [0.29, 0.717) is 23.3 Å². The Morgan fingerprint density at radius 1 is 0.895 bits per heavy atom. The standard InChI is InChI=1S/C31H44N4O3/c1-6-14-34(15-7-2)30(36)23-12-10-22(11-13-23)26-21-27-24(19-28(26)38-5)18-25(20-29(32)33-27)31(37)35(16-8-3)17-9-4/h10-13,18-19,21,29,33H,6-9,14-17,20,32H2,1-5H3. The number of carbonyl (C=O) groups is 2. The molecule has 0 spiro atoms. The van der Waals surface area contributed by atoms with E-state index < -0.39 is 0 Å². The zero-order valence-electron chi connectivity index (χ0n) is 23.7. The predicted octanol–water partition coefficient (Wildman–Crippen LogP) is 5.76. The molecule has 1 aliphatic rings. The number of carbonyl (C=O) groups excluding carboxylic acids is 2. The molecule has 0 aromatic heterocycles. The summed E-state index contributed by atoms with van der Waals surface area (Å²) in [6.45, 7) is 11.3. The summed E-state index contributed by atoms with van der Waals surface area (Å²) in [5.74, 6) is 0.798. The Hall–Kier alpha value is -3.32. The van der Waals surface area contributed by atoms with E-state index >= 15 is 0 Å². The van der Waals surface area contributed by atoms with Crippen LogP contribution in [0.1, 0.15) is 75.7 Å². The second kappa shape index (κ2) is 14.0. The molecule has 0 saturated carbocycles. The highest BCUT2D eigenvalue weighted by molar-refractivity contribution is 6.00. The summed E-state index contributed by atoms with van der Waals surface area (Å²) < 4.78 is 5.77. The van der Waals surface area contributed by atoms with Gasteiger partial charge in [-0.15, -0.1) is 0 Å². The summed E-state index contributed by atoms with van der Waals surface area (Å²) in [4.78, 5) is 30.2. The lowest BCUT2D eigenvalue weighted by atomic mass is 9.98. The van der Waals surface area contributed by atoms with Crippen molar-refractivity contribution in [1.29, 1.82) is 0 Å². The van der Waals surface area contributed by atoms with Crippen molar-refractivity contribution in [1.82, 2.24) is 9.80 Å². The Morgan fingerprint density at radius 2 is 1.45 bits per heavy atom. The lowest BCUT2D eigenvalue weighted by Crippen LogP contribution is -2.36. The minimum Gasteiger partial charge on any atom is -0.496 e. The van der Waals surface area contributed by atoms with Gasteiger partial charge in [0.25, 0.3) is 5.91 Å². The van der Waals surface area contributed by atoms with E-state index in [4.69, 9.17) is 10.5 Å². The molecule has 38 heavy (non-hydrogen) atoms. The van der Waals surface area contributed by atoms with E-state index in [1.807, 2.05) is 52.3 Å². The molecule has 0 radical (unpaired) electrons. The van der Waals surface area contributed by atoms with Gasteiger partial charge >= 0.3 is 0 Å². The number of fused-ring (bicyclic) bond motifs is 1. The largest absolute Gasteiger partial charge is 0.496 e. The molecule has 7 nitrogen and oxygen atoms in total. The van der Waals surface area contributed by atoms with Crippen molar-refractivity contribution in [2.24, 2.45) is 5.73 Å². The molecular weight excluding hydrogens is 476 g/mol. The van der Waals surface area contributed by atoms with Crippen LogP contribution in [0.4, 0.5) is 5.69 Å². The van der Waals surface area contributed by atoms with Crippen LogP contribution in [0.3, 0.4) is 0 Å².